The zero-order chi connectivity index (χ0) is 13.0. The Balaban J connectivity index is 2.14. The second-order valence-corrected chi connectivity index (χ2v) is 4.18. The van der Waals surface area contributed by atoms with Crippen molar-refractivity contribution in [3.8, 4) is 0 Å². The first-order valence-corrected chi connectivity index (χ1v) is 5.91. The number of hydrogen-bond donors (Lipinski definition) is 1. The van der Waals surface area contributed by atoms with Crippen molar-refractivity contribution in [1.82, 2.24) is 10.1 Å². The highest BCUT2D eigenvalue weighted by Crippen LogP contribution is 2.19. The fraction of sp³-hybridized carbons (Fsp3) is 0.333. The standard InChI is InChI=1S/C12H14ClN3O2/c1-17-10(7-14)12-15-11(16-18-12)6-8-4-2-3-5-9(8)13/h2-5,10H,6-7,14H2,1H3. The molecule has 0 saturated carbocycles. The summed E-state index contributed by atoms with van der Waals surface area (Å²) in [6, 6.07) is 7.55. The van der Waals surface area contributed by atoms with Crippen LogP contribution in [0.15, 0.2) is 28.8 Å². The van der Waals surface area contributed by atoms with E-state index < -0.39 is 0 Å². The van der Waals surface area contributed by atoms with Crippen LogP contribution in [0, 0.1) is 0 Å². The van der Waals surface area contributed by atoms with Gasteiger partial charge in [-0.1, -0.05) is 35.0 Å². The normalized spacial score (nSPS) is 12.6. The molecule has 0 fully saturated rings. The highest BCUT2D eigenvalue weighted by atomic mass is 35.5. The number of nitrogens with zero attached hydrogens (tertiary/aromatic N) is 2. The van der Waals surface area contributed by atoms with Crippen molar-refractivity contribution in [2.45, 2.75) is 12.5 Å². The molecule has 1 aromatic carbocycles. The minimum Gasteiger partial charge on any atom is -0.370 e. The van der Waals surface area contributed by atoms with Crippen LogP contribution < -0.4 is 5.73 Å². The van der Waals surface area contributed by atoms with Crippen molar-refractivity contribution in [3.63, 3.8) is 0 Å². The van der Waals surface area contributed by atoms with E-state index in [0.29, 0.717) is 29.7 Å². The summed E-state index contributed by atoms with van der Waals surface area (Å²) in [6.45, 7) is 0.296. The fourth-order valence-electron chi connectivity index (χ4n) is 1.58. The Bertz CT molecular complexity index is 512. The molecule has 2 rings (SSSR count). The summed E-state index contributed by atoms with van der Waals surface area (Å²) in [5.41, 5.74) is 6.48. The quantitative estimate of drug-likeness (QED) is 0.896. The highest BCUT2D eigenvalue weighted by molar-refractivity contribution is 6.31. The van der Waals surface area contributed by atoms with Crippen molar-refractivity contribution in [2.75, 3.05) is 13.7 Å². The Morgan fingerprint density at radius 1 is 1.44 bits per heavy atom. The van der Waals surface area contributed by atoms with E-state index in [1.54, 1.807) is 7.11 Å². The summed E-state index contributed by atoms with van der Waals surface area (Å²) < 4.78 is 10.2. The third-order valence-corrected chi connectivity index (χ3v) is 2.93. The molecule has 2 N–H and O–H groups in total. The lowest BCUT2D eigenvalue weighted by atomic mass is 10.1. The van der Waals surface area contributed by atoms with Gasteiger partial charge in [0, 0.05) is 25.1 Å². The molecule has 1 heterocycles. The molecule has 0 amide bonds. The van der Waals surface area contributed by atoms with Gasteiger partial charge in [0.15, 0.2) is 5.82 Å². The largest absolute Gasteiger partial charge is 0.370 e. The molecule has 0 saturated heterocycles. The fourth-order valence-corrected chi connectivity index (χ4v) is 1.78. The van der Waals surface area contributed by atoms with Gasteiger partial charge in [0.2, 0.25) is 0 Å². The van der Waals surface area contributed by atoms with E-state index in [9.17, 15) is 0 Å². The van der Waals surface area contributed by atoms with Crippen LogP contribution >= 0.6 is 11.6 Å². The van der Waals surface area contributed by atoms with Gasteiger partial charge in [-0.05, 0) is 11.6 Å². The van der Waals surface area contributed by atoms with E-state index in [4.69, 9.17) is 26.6 Å². The molecule has 6 heteroatoms. The Morgan fingerprint density at radius 2 is 2.22 bits per heavy atom. The van der Waals surface area contributed by atoms with Crippen LogP contribution in [-0.2, 0) is 11.2 Å². The van der Waals surface area contributed by atoms with Crippen LogP contribution in [0.3, 0.4) is 0 Å². The van der Waals surface area contributed by atoms with Crippen LogP contribution in [0.2, 0.25) is 5.02 Å². The van der Waals surface area contributed by atoms with Gasteiger partial charge in [-0.25, -0.2) is 0 Å². The molecular weight excluding hydrogens is 254 g/mol. The second kappa shape index (κ2) is 5.95. The summed E-state index contributed by atoms with van der Waals surface area (Å²) in [6.07, 6.45) is 0.155. The molecule has 0 aliphatic rings. The number of halogens is 1. The smallest absolute Gasteiger partial charge is 0.257 e. The molecule has 0 spiro atoms. The molecule has 1 atom stereocenters. The van der Waals surface area contributed by atoms with Crippen molar-refractivity contribution in [3.05, 3.63) is 46.6 Å². The van der Waals surface area contributed by atoms with Crippen molar-refractivity contribution in [2.24, 2.45) is 5.73 Å². The number of aromatic nitrogens is 2. The summed E-state index contributed by atoms with van der Waals surface area (Å²) in [5.74, 6) is 0.954. The SMILES string of the molecule is COC(CN)c1nc(Cc2ccccc2Cl)no1. The third-order valence-electron chi connectivity index (χ3n) is 2.56. The topological polar surface area (TPSA) is 74.2 Å². The van der Waals surface area contributed by atoms with E-state index >= 15 is 0 Å². The first-order valence-electron chi connectivity index (χ1n) is 5.53. The molecule has 96 valence electrons. The van der Waals surface area contributed by atoms with Crippen LogP contribution in [0.4, 0.5) is 0 Å². The monoisotopic (exact) mass is 267 g/mol. The maximum atomic E-state index is 6.07. The molecule has 0 radical (unpaired) electrons. The number of hydrogen-bond acceptors (Lipinski definition) is 5. The number of ether oxygens (including phenoxy) is 1. The van der Waals surface area contributed by atoms with E-state index in [1.807, 2.05) is 24.3 Å². The van der Waals surface area contributed by atoms with E-state index in [0.717, 1.165) is 5.56 Å². The summed E-state index contributed by atoms with van der Waals surface area (Å²) in [5, 5.41) is 4.58. The molecule has 2 aromatic rings. The molecule has 0 bridgehead atoms. The molecule has 18 heavy (non-hydrogen) atoms. The summed E-state index contributed by atoms with van der Waals surface area (Å²) >= 11 is 6.07. The Hall–Kier alpha value is -1.43. The minimum absolute atomic E-state index is 0.296. The van der Waals surface area contributed by atoms with E-state index in [1.165, 1.54) is 0 Å². The van der Waals surface area contributed by atoms with Gasteiger partial charge in [0.1, 0.15) is 6.10 Å². The van der Waals surface area contributed by atoms with Gasteiger partial charge < -0.3 is 15.0 Å². The lowest BCUT2D eigenvalue weighted by Gasteiger charge is -2.05. The van der Waals surface area contributed by atoms with Crippen molar-refractivity contribution >= 4 is 11.6 Å². The average Bonchev–Trinajstić information content (AvgIpc) is 2.82. The lowest BCUT2D eigenvalue weighted by Crippen LogP contribution is -2.14. The molecule has 0 aliphatic heterocycles. The third kappa shape index (κ3) is 2.87. The van der Waals surface area contributed by atoms with Gasteiger partial charge in [-0.2, -0.15) is 4.98 Å². The van der Waals surface area contributed by atoms with E-state index in [2.05, 4.69) is 10.1 Å². The first-order chi connectivity index (χ1) is 8.74. The van der Waals surface area contributed by atoms with E-state index in [-0.39, 0.29) is 6.10 Å². The minimum atomic E-state index is -0.363. The number of nitrogens with two attached hydrogens (primary N) is 1. The Morgan fingerprint density at radius 3 is 2.89 bits per heavy atom. The molecule has 5 nitrogen and oxygen atoms in total. The van der Waals surface area contributed by atoms with Gasteiger partial charge in [-0.15, -0.1) is 0 Å². The average molecular weight is 268 g/mol. The van der Waals surface area contributed by atoms with Crippen LogP contribution in [0.25, 0.3) is 0 Å². The number of methoxy groups -OCH3 is 1. The van der Waals surface area contributed by atoms with Gasteiger partial charge in [0.05, 0.1) is 0 Å². The highest BCUT2D eigenvalue weighted by Gasteiger charge is 2.17. The number of rotatable bonds is 5. The predicted octanol–water partition coefficient (Wildman–Crippen LogP) is 1.96. The zero-order valence-corrected chi connectivity index (χ0v) is 10.7. The summed E-state index contributed by atoms with van der Waals surface area (Å²) in [7, 11) is 1.55. The van der Waals surface area contributed by atoms with Gasteiger partial charge in [-0.3, -0.25) is 0 Å². The van der Waals surface area contributed by atoms with Gasteiger partial charge in [0.25, 0.3) is 5.89 Å². The van der Waals surface area contributed by atoms with Gasteiger partial charge >= 0.3 is 0 Å². The van der Waals surface area contributed by atoms with Crippen LogP contribution in [0.5, 0.6) is 0 Å². The Labute approximate surface area is 110 Å². The molecule has 1 unspecified atom stereocenters. The maximum absolute atomic E-state index is 6.07. The lowest BCUT2D eigenvalue weighted by molar-refractivity contribution is 0.0804. The maximum Gasteiger partial charge on any atom is 0.257 e. The van der Waals surface area contributed by atoms with Crippen molar-refractivity contribution in [1.29, 1.82) is 0 Å². The molecule has 1 aromatic heterocycles. The predicted molar refractivity (Wildman–Crippen MR) is 67.4 cm³/mol. The second-order valence-electron chi connectivity index (χ2n) is 3.78. The van der Waals surface area contributed by atoms with Crippen molar-refractivity contribution < 1.29 is 9.26 Å². The Kier molecular flexibility index (Phi) is 4.30. The first kappa shape index (κ1) is 13.0. The van der Waals surface area contributed by atoms with Crippen LogP contribution in [-0.4, -0.2) is 23.8 Å². The zero-order valence-electron chi connectivity index (χ0n) is 9.97. The summed E-state index contributed by atoms with van der Waals surface area (Å²) in [4.78, 5) is 4.25. The molecule has 0 aliphatic carbocycles. The molecular formula is C12H14ClN3O2. The number of benzene rings is 1. The van der Waals surface area contributed by atoms with Crippen LogP contribution in [0.1, 0.15) is 23.4 Å².